The summed E-state index contributed by atoms with van der Waals surface area (Å²) in [6.45, 7) is 8.27. The molecule has 1 atom stereocenters. The van der Waals surface area contributed by atoms with E-state index in [9.17, 15) is 0 Å². The lowest BCUT2D eigenvalue weighted by Crippen LogP contribution is -2.47. The minimum absolute atomic E-state index is 0.253. The zero-order chi connectivity index (χ0) is 25.4. The molecule has 198 valence electrons. The van der Waals surface area contributed by atoms with Crippen LogP contribution in [-0.2, 0) is 11.2 Å². The van der Waals surface area contributed by atoms with Gasteiger partial charge in [-0.25, -0.2) is 15.0 Å². The molecule has 3 N–H and O–H groups in total. The average molecular weight is 506 g/mol. The molecule has 0 bridgehead atoms. The molecule has 10 nitrogen and oxygen atoms in total. The first kappa shape index (κ1) is 24.5. The molecule has 0 radical (unpaired) electrons. The Balaban J connectivity index is 1.23. The highest BCUT2D eigenvalue weighted by Gasteiger charge is 2.28. The highest BCUT2D eigenvalue weighted by Crippen LogP contribution is 2.33. The van der Waals surface area contributed by atoms with Gasteiger partial charge in [0.05, 0.1) is 30.6 Å². The molecule has 0 aromatic carbocycles. The van der Waals surface area contributed by atoms with Gasteiger partial charge in [0.15, 0.2) is 5.82 Å². The van der Waals surface area contributed by atoms with Crippen molar-refractivity contribution in [1.82, 2.24) is 34.5 Å². The lowest BCUT2D eigenvalue weighted by atomic mass is 9.98. The van der Waals surface area contributed by atoms with Gasteiger partial charge in [0.25, 0.3) is 0 Å². The molecule has 0 saturated carbocycles. The largest absolute Gasteiger partial charge is 0.382 e. The third-order valence-electron chi connectivity index (χ3n) is 8.39. The van der Waals surface area contributed by atoms with Gasteiger partial charge >= 0.3 is 0 Å². The monoisotopic (exact) mass is 505 g/mol. The highest BCUT2D eigenvalue weighted by atomic mass is 16.5. The number of nitrogen functional groups attached to an aromatic ring is 1. The molecule has 3 fully saturated rings. The van der Waals surface area contributed by atoms with Crippen molar-refractivity contribution in [2.75, 3.05) is 57.5 Å². The molecule has 3 aliphatic heterocycles. The number of ether oxygens (including phenoxy) is 1. The molecule has 0 amide bonds. The van der Waals surface area contributed by atoms with Crippen molar-refractivity contribution >= 4 is 22.7 Å². The van der Waals surface area contributed by atoms with E-state index in [0.29, 0.717) is 24.0 Å². The summed E-state index contributed by atoms with van der Waals surface area (Å²) >= 11 is 0. The molecular weight excluding hydrogens is 466 g/mol. The van der Waals surface area contributed by atoms with E-state index in [1.807, 2.05) is 12.4 Å². The molecule has 3 aromatic rings. The molecule has 0 aliphatic carbocycles. The number of aromatic nitrogens is 5. The van der Waals surface area contributed by atoms with E-state index in [0.717, 1.165) is 79.6 Å². The third-order valence-corrected chi connectivity index (χ3v) is 8.39. The van der Waals surface area contributed by atoms with Crippen LogP contribution in [0.4, 0.5) is 11.6 Å². The summed E-state index contributed by atoms with van der Waals surface area (Å²) in [5.41, 5.74) is 10.5. The number of likely N-dealkylation sites (tertiary alicyclic amines) is 2. The van der Waals surface area contributed by atoms with Crippen molar-refractivity contribution < 1.29 is 4.74 Å². The second-order valence-corrected chi connectivity index (χ2v) is 10.8. The number of pyridine rings is 1. The molecule has 0 unspecified atom stereocenters. The van der Waals surface area contributed by atoms with Gasteiger partial charge in [-0.2, -0.15) is 5.10 Å². The maximum absolute atomic E-state index is 6.26. The van der Waals surface area contributed by atoms with E-state index < -0.39 is 0 Å². The Morgan fingerprint density at radius 3 is 2.51 bits per heavy atom. The van der Waals surface area contributed by atoms with E-state index in [1.54, 1.807) is 0 Å². The van der Waals surface area contributed by atoms with E-state index >= 15 is 0 Å². The van der Waals surface area contributed by atoms with Crippen molar-refractivity contribution in [1.29, 1.82) is 0 Å². The van der Waals surface area contributed by atoms with Gasteiger partial charge in [-0.05, 0) is 58.7 Å². The lowest BCUT2D eigenvalue weighted by Gasteiger charge is -2.41. The molecule has 3 saturated heterocycles. The number of nitrogens with two attached hydrogens (primary N) is 1. The molecule has 3 aromatic heterocycles. The van der Waals surface area contributed by atoms with Crippen LogP contribution in [0.15, 0.2) is 18.6 Å². The second-order valence-electron chi connectivity index (χ2n) is 10.8. The first-order valence-electron chi connectivity index (χ1n) is 13.9. The van der Waals surface area contributed by atoms with Gasteiger partial charge < -0.3 is 25.6 Å². The normalized spacial score (nSPS) is 22.7. The minimum Gasteiger partial charge on any atom is -0.382 e. The van der Waals surface area contributed by atoms with Crippen LogP contribution in [-0.4, -0.2) is 93.1 Å². The number of aryl methyl sites for hydroxylation is 1. The van der Waals surface area contributed by atoms with Gasteiger partial charge in [0, 0.05) is 49.3 Å². The number of hydrogen-bond acceptors (Lipinski definition) is 9. The van der Waals surface area contributed by atoms with Gasteiger partial charge in [0.2, 0.25) is 0 Å². The first-order chi connectivity index (χ1) is 18.1. The summed E-state index contributed by atoms with van der Waals surface area (Å²) in [5, 5.41) is 8.34. The maximum atomic E-state index is 6.26. The maximum Gasteiger partial charge on any atom is 0.151 e. The molecular formula is C27H39N9O. The van der Waals surface area contributed by atoms with Crippen LogP contribution >= 0.6 is 0 Å². The zero-order valence-corrected chi connectivity index (χ0v) is 22.1. The summed E-state index contributed by atoms with van der Waals surface area (Å²) in [4.78, 5) is 19.5. The van der Waals surface area contributed by atoms with Crippen LogP contribution in [0.2, 0.25) is 0 Å². The smallest absolute Gasteiger partial charge is 0.151 e. The van der Waals surface area contributed by atoms with Crippen LogP contribution in [0.5, 0.6) is 0 Å². The van der Waals surface area contributed by atoms with Crippen molar-refractivity contribution in [2.45, 2.75) is 63.6 Å². The van der Waals surface area contributed by atoms with Crippen molar-refractivity contribution in [3.63, 3.8) is 0 Å². The molecule has 3 aliphatic rings. The Morgan fingerprint density at radius 2 is 1.78 bits per heavy atom. The van der Waals surface area contributed by atoms with Crippen LogP contribution in [0, 0.1) is 0 Å². The molecule has 0 spiro atoms. The first-order valence-corrected chi connectivity index (χ1v) is 13.9. The number of anilines is 2. The number of fused-ring (bicyclic) bond motifs is 1. The number of piperidine rings is 2. The molecule has 6 heterocycles. The predicted molar refractivity (Wildman–Crippen MR) is 146 cm³/mol. The van der Waals surface area contributed by atoms with Crippen LogP contribution in [0.25, 0.3) is 22.2 Å². The van der Waals surface area contributed by atoms with E-state index in [4.69, 9.17) is 25.5 Å². The summed E-state index contributed by atoms with van der Waals surface area (Å²) in [7, 11) is 2.23. The van der Waals surface area contributed by atoms with Crippen molar-refractivity contribution in [2.24, 2.45) is 0 Å². The Morgan fingerprint density at radius 1 is 1.00 bits per heavy atom. The summed E-state index contributed by atoms with van der Waals surface area (Å²) in [6.07, 6.45) is 12.5. The fourth-order valence-electron chi connectivity index (χ4n) is 6.06. The topological polar surface area (TPSA) is 110 Å². The Labute approximate surface area is 218 Å². The Hall–Kier alpha value is -2.82. The van der Waals surface area contributed by atoms with Gasteiger partial charge in [-0.15, -0.1) is 0 Å². The van der Waals surface area contributed by atoms with Crippen LogP contribution < -0.4 is 11.1 Å². The van der Waals surface area contributed by atoms with Gasteiger partial charge in [-0.3, -0.25) is 4.68 Å². The van der Waals surface area contributed by atoms with Gasteiger partial charge in [0.1, 0.15) is 16.9 Å². The zero-order valence-electron chi connectivity index (χ0n) is 22.1. The van der Waals surface area contributed by atoms with Crippen LogP contribution in [0.1, 0.15) is 50.8 Å². The fraction of sp³-hybridized carbons (Fsp3) is 0.630. The van der Waals surface area contributed by atoms with E-state index in [1.165, 1.54) is 25.9 Å². The minimum atomic E-state index is 0.253. The number of nitrogens with zero attached hydrogens (tertiary/aromatic N) is 7. The summed E-state index contributed by atoms with van der Waals surface area (Å²) in [5.74, 6) is 1.22. The number of nitrogens with one attached hydrogen (secondary N) is 1. The fourth-order valence-corrected chi connectivity index (χ4v) is 6.06. The summed E-state index contributed by atoms with van der Waals surface area (Å²) in [6, 6.07) is 1.41. The number of hydrogen-bond donors (Lipinski definition) is 2. The van der Waals surface area contributed by atoms with Gasteiger partial charge in [-0.1, -0.05) is 6.92 Å². The van der Waals surface area contributed by atoms with Crippen molar-refractivity contribution in [3.05, 3.63) is 24.3 Å². The van der Waals surface area contributed by atoms with Crippen molar-refractivity contribution in [3.8, 4) is 11.1 Å². The predicted octanol–water partition coefficient (Wildman–Crippen LogP) is 2.96. The number of rotatable bonds is 6. The Bertz CT molecular complexity index is 1220. The lowest BCUT2D eigenvalue weighted by molar-refractivity contribution is 0.0851. The Kier molecular flexibility index (Phi) is 6.96. The van der Waals surface area contributed by atoms with Crippen LogP contribution in [0.3, 0.4) is 0 Å². The average Bonchev–Trinajstić information content (AvgIpc) is 3.62. The van der Waals surface area contributed by atoms with E-state index in [2.05, 4.69) is 45.0 Å². The SMILES string of the molecule is CCc1nc2c(N)ncc(-c3cnn(C4CCN(C5CCN(C)CC5)CC4)c3)c2nc1N[C@H]1CCOC1. The third kappa shape index (κ3) is 5.02. The quantitative estimate of drug-likeness (QED) is 0.522. The molecule has 6 rings (SSSR count). The second kappa shape index (κ2) is 10.5. The molecule has 37 heavy (non-hydrogen) atoms. The standard InChI is InChI=1S/C27H39N9O/c1-3-23-27(31-19-8-13-37-17-19)33-24-22(15-29-26(28)25(24)32-23)18-14-30-36(16-18)21-6-11-35(12-7-21)20-4-9-34(2)10-5-20/h14-16,19-21H,3-13,17H2,1-2H3,(H2,28,29)(H,31,33)/t19-/m0/s1. The van der Waals surface area contributed by atoms with E-state index in [-0.39, 0.29) is 6.04 Å². The highest BCUT2D eigenvalue weighted by molar-refractivity contribution is 5.96. The summed E-state index contributed by atoms with van der Waals surface area (Å²) < 4.78 is 7.70. The molecule has 10 heteroatoms.